The lowest BCUT2D eigenvalue weighted by Gasteiger charge is -2.09. The fraction of sp³-hybridized carbons (Fsp3) is 0.391. The number of hydrogen-bond acceptors (Lipinski definition) is 6. The maximum atomic E-state index is 12.1. The monoisotopic (exact) mass is 414 g/mol. The Morgan fingerprint density at radius 2 is 1.97 bits per heavy atom. The SMILES string of the molecule is C/C=C(/C=C1\OC(=O)C(C#N)=C1c1ccc(NSCCCC)cc1)OCC.CC. The molecule has 0 saturated carbocycles. The van der Waals surface area contributed by atoms with E-state index in [4.69, 9.17) is 9.47 Å². The number of nitrogens with zero attached hydrogens (tertiary/aromatic N) is 1. The fourth-order valence-electron chi connectivity index (χ4n) is 2.48. The second-order valence-corrected chi connectivity index (χ2v) is 6.67. The van der Waals surface area contributed by atoms with Gasteiger partial charge in [-0.15, -0.1) is 0 Å². The third-order valence-electron chi connectivity index (χ3n) is 3.85. The molecule has 0 radical (unpaired) electrons. The van der Waals surface area contributed by atoms with Crippen molar-refractivity contribution in [1.82, 2.24) is 0 Å². The molecule has 1 aromatic carbocycles. The number of carbonyl (C=O) groups excluding carboxylic acids is 1. The molecule has 0 saturated heterocycles. The summed E-state index contributed by atoms with van der Waals surface area (Å²) in [6.45, 7) is 10.4. The molecule has 0 fully saturated rings. The maximum Gasteiger partial charge on any atom is 0.355 e. The summed E-state index contributed by atoms with van der Waals surface area (Å²) in [7, 11) is 0. The first-order chi connectivity index (χ1) is 14.1. The molecule has 0 unspecified atom stereocenters. The number of cyclic esters (lactones) is 1. The summed E-state index contributed by atoms with van der Waals surface area (Å²) < 4.78 is 14.1. The Balaban J connectivity index is 0.00000204. The van der Waals surface area contributed by atoms with Gasteiger partial charge in [-0.3, -0.25) is 0 Å². The van der Waals surface area contributed by atoms with Crippen LogP contribution in [0.3, 0.4) is 0 Å². The van der Waals surface area contributed by atoms with Crippen molar-refractivity contribution in [3.8, 4) is 6.07 Å². The summed E-state index contributed by atoms with van der Waals surface area (Å²) >= 11 is 1.66. The molecule has 6 heteroatoms. The average Bonchev–Trinajstić information content (AvgIpc) is 3.07. The van der Waals surface area contributed by atoms with Crippen LogP contribution >= 0.6 is 11.9 Å². The van der Waals surface area contributed by atoms with Crippen molar-refractivity contribution in [1.29, 1.82) is 5.26 Å². The number of benzene rings is 1. The molecule has 1 heterocycles. The lowest BCUT2D eigenvalue weighted by atomic mass is 9.99. The van der Waals surface area contributed by atoms with Gasteiger partial charge in [-0.25, -0.2) is 4.79 Å². The van der Waals surface area contributed by atoms with Crippen LogP contribution in [-0.4, -0.2) is 18.3 Å². The van der Waals surface area contributed by atoms with E-state index in [0.717, 1.165) is 29.8 Å². The smallest absolute Gasteiger partial charge is 0.355 e. The van der Waals surface area contributed by atoms with Gasteiger partial charge >= 0.3 is 5.97 Å². The van der Waals surface area contributed by atoms with Crippen molar-refractivity contribution in [3.05, 3.63) is 59.1 Å². The highest BCUT2D eigenvalue weighted by Gasteiger charge is 2.31. The molecule has 0 atom stereocenters. The van der Waals surface area contributed by atoms with E-state index in [1.807, 2.05) is 58.0 Å². The molecule has 0 spiro atoms. The van der Waals surface area contributed by atoms with Crippen LogP contribution in [0.5, 0.6) is 0 Å². The Labute approximate surface area is 178 Å². The lowest BCUT2D eigenvalue weighted by Crippen LogP contribution is -1.97. The largest absolute Gasteiger partial charge is 0.494 e. The van der Waals surface area contributed by atoms with Gasteiger partial charge < -0.3 is 14.2 Å². The minimum atomic E-state index is -0.636. The summed E-state index contributed by atoms with van der Waals surface area (Å²) in [5, 5.41) is 9.40. The Morgan fingerprint density at radius 3 is 2.52 bits per heavy atom. The molecule has 0 amide bonds. The Morgan fingerprint density at radius 1 is 1.28 bits per heavy atom. The van der Waals surface area contributed by atoms with Crippen LogP contribution in [-0.2, 0) is 14.3 Å². The number of ether oxygens (including phenoxy) is 2. The van der Waals surface area contributed by atoms with E-state index in [9.17, 15) is 10.1 Å². The van der Waals surface area contributed by atoms with Crippen LogP contribution in [0.2, 0.25) is 0 Å². The number of anilines is 1. The van der Waals surface area contributed by atoms with Crippen LogP contribution in [0.1, 0.15) is 53.0 Å². The van der Waals surface area contributed by atoms with E-state index in [1.165, 1.54) is 0 Å². The van der Waals surface area contributed by atoms with Crippen LogP contribution in [0.25, 0.3) is 5.57 Å². The van der Waals surface area contributed by atoms with Crippen molar-refractivity contribution in [2.24, 2.45) is 0 Å². The first kappa shape index (κ1) is 24.4. The first-order valence-corrected chi connectivity index (χ1v) is 11.0. The van der Waals surface area contributed by atoms with Gasteiger partial charge in [0.25, 0.3) is 0 Å². The normalized spacial score (nSPS) is 14.8. The number of nitriles is 1. The van der Waals surface area contributed by atoms with Gasteiger partial charge in [0.2, 0.25) is 0 Å². The highest BCUT2D eigenvalue weighted by atomic mass is 32.2. The number of unbranched alkanes of at least 4 members (excludes halogenated alkanes) is 1. The number of esters is 1. The molecule has 0 aromatic heterocycles. The average molecular weight is 415 g/mol. The van der Waals surface area contributed by atoms with Crippen LogP contribution < -0.4 is 4.72 Å². The third-order valence-corrected chi connectivity index (χ3v) is 4.72. The van der Waals surface area contributed by atoms with E-state index in [2.05, 4.69) is 11.6 Å². The van der Waals surface area contributed by atoms with Gasteiger partial charge in [-0.2, -0.15) is 5.26 Å². The van der Waals surface area contributed by atoms with E-state index in [1.54, 1.807) is 24.1 Å². The maximum absolute atomic E-state index is 12.1. The summed E-state index contributed by atoms with van der Waals surface area (Å²) in [6.07, 6.45) is 5.76. The second-order valence-electron chi connectivity index (χ2n) is 5.77. The zero-order valence-electron chi connectivity index (χ0n) is 17.9. The van der Waals surface area contributed by atoms with Gasteiger partial charge in [0.15, 0.2) is 0 Å². The van der Waals surface area contributed by atoms with Gasteiger partial charge in [0, 0.05) is 23.1 Å². The van der Waals surface area contributed by atoms with E-state index < -0.39 is 5.97 Å². The fourth-order valence-corrected chi connectivity index (χ4v) is 3.31. The van der Waals surface area contributed by atoms with Crippen molar-refractivity contribution < 1.29 is 14.3 Å². The summed E-state index contributed by atoms with van der Waals surface area (Å²) in [4.78, 5) is 12.1. The lowest BCUT2D eigenvalue weighted by molar-refractivity contribution is -0.132. The number of allylic oxidation sites excluding steroid dienone is 3. The van der Waals surface area contributed by atoms with E-state index in [-0.39, 0.29) is 5.57 Å². The third kappa shape index (κ3) is 7.03. The number of hydrogen-bond donors (Lipinski definition) is 1. The molecule has 2 rings (SSSR count). The quantitative estimate of drug-likeness (QED) is 0.223. The molecule has 29 heavy (non-hydrogen) atoms. The molecule has 1 aliphatic rings. The van der Waals surface area contributed by atoms with Gasteiger partial charge in [-0.1, -0.05) is 51.3 Å². The van der Waals surface area contributed by atoms with Crippen LogP contribution in [0.4, 0.5) is 5.69 Å². The summed E-state index contributed by atoms with van der Waals surface area (Å²) in [5.74, 6) is 1.32. The van der Waals surface area contributed by atoms with Gasteiger partial charge in [0.05, 0.1) is 6.61 Å². The van der Waals surface area contributed by atoms with Crippen molar-refractivity contribution in [2.45, 2.75) is 47.5 Å². The molecule has 1 N–H and O–H groups in total. The summed E-state index contributed by atoms with van der Waals surface area (Å²) in [6, 6.07) is 9.57. The topological polar surface area (TPSA) is 71.4 Å². The molecule has 1 aromatic rings. The first-order valence-electron chi connectivity index (χ1n) is 10.0. The van der Waals surface area contributed by atoms with Crippen LogP contribution in [0, 0.1) is 11.3 Å². The highest BCUT2D eigenvalue weighted by Crippen LogP contribution is 2.35. The van der Waals surface area contributed by atoms with E-state index >= 15 is 0 Å². The van der Waals surface area contributed by atoms with E-state index in [0.29, 0.717) is 23.7 Å². The molecular weight excluding hydrogens is 384 g/mol. The molecule has 1 aliphatic heterocycles. The predicted molar refractivity (Wildman–Crippen MR) is 121 cm³/mol. The Kier molecular flexibility index (Phi) is 11.4. The number of nitrogens with one attached hydrogen (secondary N) is 1. The minimum Gasteiger partial charge on any atom is -0.494 e. The predicted octanol–water partition coefficient (Wildman–Crippen LogP) is 6.23. The molecule has 0 aliphatic carbocycles. The van der Waals surface area contributed by atoms with Crippen molar-refractivity contribution in [3.63, 3.8) is 0 Å². The highest BCUT2D eigenvalue weighted by molar-refractivity contribution is 8.00. The van der Waals surface area contributed by atoms with Gasteiger partial charge in [-0.05, 0) is 44.0 Å². The molecule has 5 nitrogen and oxygen atoms in total. The summed E-state index contributed by atoms with van der Waals surface area (Å²) in [5.41, 5.74) is 2.22. The van der Waals surface area contributed by atoms with Crippen molar-refractivity contribution >= 4 is 29.2 Å². The molecular formula is C23H30N2O3S. The van der Waals surface area contributed by atoms with Gasteiger partial charge in [0.1, 0.15) is 23.2 Å². The van der Waals surface area contributed by atoms with Crippen molar-refractivity contribution in [2.75, 3.05) is 17.1 Å². The molecule has 156 valence electrons. The minimum absolute atomic E-state index is 0.00577. The zero-order valence-corrected chi connectivity index (χ0v) is 18.7. The second kappa shape index (κ2) is 13.5. The zero-order chi connectivity index (χ0) is 21.6. The Hall–Kier alpha value is -2.65. The number of rotatable bonds is 9. The number of carbonyl (C=O) groups is 1. The Bertz CT molecular complexity index is 802. The standard InChI is InChI=1S/C21H24N2O3S.C2H6/c1-4-7-12-27-23-16-10-8-15(9-11-16)20-18(14-22)21(24)26-19(20)13-17(5-2)25-6-3;1-2/h5,8-11,13,23H,4,6-7,12H2,1-3H3;1-2H3/b17-5-,19-13-;. The van der Waals surface area contributed by atoms with Crippen LogP contribution in [0.15, 0.2) is 53.5 Å². The molecule has 0 bridgehead atoms.